The van der Waals surface area contributed by atoms with Gasteiger partial charge in [0.05, 0.1) is 6.54 Å². The molecule has 2 fully saturated rings. The third-order valence-corrected chi connectivity index (χ3v) is 3.90. The van der Waals surface area contributed by atoms with Crippen molar-refractivity contribution < 1.29 is 13.6 Å². The minimum Gasteiger partial charge on any atom is -0.376 e. The van der Waals surface area contributed by atoms with Crippen LogP contribution in [0.5, 0.6) is 0 Å². The normalized spacial score (nSPS) is 18.1. The number of nitrogens with one attached hydrogen (secondary N) is 2. The van der Waals surface area contributed by atoms with E-state index in [4.69, 9.17) is 0 Å². The Balaban J connectivity index is 1.51. The largest absolute Gasteiger partial charge is 0.376 e. The molecule has 0 radical (unpaired) electrons. The summed E-state index contributed by atoms with van der Waals surface area (Å²) in [5.41, 5.74) is 0.284. The molecule has 0 aliphatic heterocycles. The zero-order valence-electron chi connectivity index (χ0n) is 11.2. The maximum absolute atomic E-state index is 13.0. The molecule has 0 bridgehead atoms. The summed E-state index contributed by atoms with van der Waals surface area (Å²) in [6.07, 6.45) is 4.79. The van der Waals surface area contributed by atoms with Gasteiger partial charge in [-0.15, -0.1) is 0 Å². The molecule has 1 aromatic rings. The van der Waals surface area contributed by atoms with E-state index in [9.17, 15) is 13.6 Å². The van der Waals surface area contributed by atoms with Crippen molar-refractivity contribution in [2.45, 2.75) is 31.7 Å². The summed E-state index contributed by atoms with van der Waals surface area (Å²) in [7, 11) is 0. The Labute approximate surface area is 116 Å². The number of amides is 1. The lowest BCUT2D eigenvalue weighted by Crippen LogP contribution is -2.41. The van der Waals surface area contributed by atoms with Crippen molar-refractivity contribution in [2.75, 3.05) is 11.9 Å². The summed E-state index contributed by atoms with van der Waals surface area (Å²) >= 11 is 0. The van der Waals surface area contributed by atoms with Gasteiger partial charge < -0.3 is 10.6 Å². The quantitative estimate of drug-likeness (QED) is 0.841. The van der Waals surface area contributed by atoms with Crippen molar-refractivity contribution >= 4 is 11.6 Å². The van der Waals surface area contributed by atoms with E-state index in [1.54, 1.807) is 0 Å². The molecule has 5 heteroatoms. The molecule has 2 aliphatic rings. The van der Waals surface area contributed by atoms with Crippen molar-refractivity contribution in [1.29, 1.82) is 0 Å². The molecule has 0 spiro atoms. The number of carbonyl (C=O) groups is 1. The van der Waals surface area contributed by atoms with Crippen LogP contribution in [0.4, 0.5) is 14.5 Å². The second kappa shape index (κ2) is 5.38. The Kier molecular flexibility index (Phi) is 3.59. The topological polar surface area (TPSA) is 41.1 Å². The number of hydrogen-bond donors (Lipinski definition) is 2. The molecule has 108 valence electrons. The van der Waals surface area contributed by atoms with Crippen LogP contribution in [-0.4, -0.2) is 18.5 Å². The van der Waals surface area contributed by atoms with E-state index in [0.29, 0.717) is 17.9 Å². The number of rotatable bonds is 6. The first-order valence-corrected chi connectivity index (χ1v) is 7.11. The average molecular weight is 280 g/mol. The van der Waals surface area contributed by atoms with Gasteiger partial charge in [0.1, 0.15) is 11.6 Å². The van der Waals surface area contributed by atoms with Crippen molar-refractivity contribution in [1.82, 2.24) is 5.32 Å². The minimum atomic E-state index is -0.651. The van der Waals surface area contributed by atoms with Crippen molar-refractivity contribution in [2.24, 2.45) is 11.8 Å². The van der Waals surface area contributed by atoms with Crippen LogP contribution in [0, 0.1) is 23.5 Å². The number of benzene rings is 1. The van der Waals surface area contributed by atoms with E-state index in [-0.39, 0.29) is 18.1 Å². The van der Waals surface area contributed by atoms with Gasteiger partial charge >= 0.3 is 0 Å². The monoisotopic (exact) mass is 280 g/mol. The molecule has 1 aromatic carbocycles. The van der Waals surface area contributed by atoms with Crippen molar-refractivity contribution in [3.05, 3.63) is 29.8 Å². The molecule has 0 atom stereocenters. The predicted octanol–water partition coefficient (Wildman–Crippen LogP) is 2.68. The SMILES string of the molecule is O=C(CNc1cc(F)cc(F)c1)NC(C1CC1)C1CC1. The Morgan fingerprint density at radius 3 is 2.15 bits per heavy atom. The lowest BCUT2D eigenvalue weighted by atomic mass is 10.1. The predicted molar refractivity (Wildman–Crippen MR) is 72.2 cm³/mol. The first kappa shape index (κ1) is 13.3. The fourth-order valence-corrected chi connectivity index (χ4v) is 2.61. The second-order valence-corrected chi connectivity index (χ2v) is 5.78. The Hall–Kier alpha value is -1.65. The maximum Gasteiger partial charge on any atom is 0.239 e. The number of halogens is 2. The molecular formula is C15H18F2N2O. The van der Waals surface area contributed by atoms with E-state index in [1.807, 2.05) is 0 Å². The zero-order valence-corrected chi connectivity index (χ0v) is 11.2. The number of anilines is 1. The van der Waals surface area contributed by atoms with Crippen LogP contribution in [0.3, 0.4) is 0 Å². The molecule has 2 saturated carbocycles. The first-order valence-electron chi connectivity index (χ1n) is 7.11. The highest BCUT2D eigenvalue weighted by Gasteiger charge is 2.42. The van der Waals surface area contributed by atoms with Crippen LogP contribution in [-0.2, 0) is 4.79 Å². The summed E-state index contributed by atoms with van der Waals surface area (Å²) in [6, 6.07) is 3.46. The van der Waals surface area contributed by atoms with Crippen molar-refractivity contribution in [3.8, 4) is 0 Å². The Morgan fingerprint density at radius 1 is 1.10 bits per heavy atom. The minimum absolute atomic E-state index is 0.0405. The summed E-state index contributed by atoms with van der Waals surface area (Å²) in [5.74, 6) is -0.141. The van der Waals surface area contributed by atoms with E-state index in [2.05, 4.69) is 10.6 Å². The van der Waals surface area contributed by atoms with Crippen LogP contribution in [0.1, 0.15) is 25.7 Å². The molecule has 1 amide bonds. The van der Waals surface area contributed by atoms with Crippen LogP contribution < -0.4 is 10.6 Å². The maximum atomic E-state index is 13.0. The highest BCUT2D eigenvalue weighted by molar-refractivity contribution is 5.81. The molecule has 0 heterocycles. The van der Waals surface area contributed by atoms with E-state index < -0.39 is 11.6 Å². The fourth-order valence-electron chi connectivity index (χ4n) is 2.61. The van der Waals surface area contributed by atoms with E-state index in [0.717, 1.165) is 6.07 Å². The van der Waals surface area contributed by atoms with Crippen LogP contribution in [0.2, 0.25) is 0 Å². The van der Waals surface area contributed by atoms with Gasteiger partial charge in [-0.1, -0.05) is 0 Å². The van der Waals surface area contributed by atoms with Gasteiger partial charge in [-0.3, -0.25) is 4.79 Å². The van der Waals surface area contributed by atoms with Crippen LogP contribution in [0.25, 0.3) is 0 Å². The smallest absolute Gasteiger partial charge is 0.239 e. The lowest BCUT2D eigenvalue weighted by molar-refractivity contribution is -0.120. The zero-order chi connectivity index (χ0) is 14.1. The molecule has 2 N–H and O–H groups in total. The molecular weight excluding hydrogens is 262 g/mol. The first-order chi connectivity index (χ1) is 9.61. The summed E-state index contributed by atoms with van der Waals surface area (Å²) < 4.78 is 26.0. The lowest BCUT2D eigenvalue weighted by Gasteiger charge is -2.18. The Bertz CT molecular complexity index is 480. The highest BCUT2D eigenvalue weighted by Crippen LogP contribution is 2.44. The van der Waals surface area contributed by atoms with Gasteiger partial charge in [-0.2, -0.15) is 0 Å². The van der Waals surface area contributed by atoms with Gasteiger partial charge in [0.15, 0.2) is 0 Å². The van der Waals surface area contributed by atoms with Gasteiger partial charge in [0.2, 0.25) is 5.91 Å². The molecule has 2 aliphatic carbocycles. The van der Waals surface area contributed by atoms with Gasteiger partial charge in [0, 0.05) is 17.8 Å². The average Bonchev–Trinajstić information content (AvgIpc) is 3.26. The molecule has 0 aromatic heterocycles. The molecule has 0 unspecified atom stereocenters. The summed E-state index contributed by atoms with van der Waals surface area (Å²) in [4.78, 5) is 11.9. The number of hydrogen-bond acceptors (Lipinski definition) is 2. The van der Waals surface area contributed by atoms with E-state index >= 15 is 0 Å². The van der Waals surface area contributed by atoms with Gasteiger partial charge in [-0.05, 0) is 49.7 Å². The third-order valence-electron chi connectivity index (χ3n) is 3.90. The number of carbonyl (C=O) groups excluding carboxylic acids is 1. The van der Waals surface area contributed by atoms with E-state index in [1.165, 1.54) is 37.8 Å². The van der Waals surface area contributed by atoms with Crippen molar-refractivity contribution in [3.63, 3.8) is 0 Å². The summed E-state index contributed by atoms with van der Waals surface area (Å²) in [5, 5.41) is 5.81. The van der Waals surface area contributed by atoms with Crippen LogP contribution >= 0.6 is 0 Å². The third kappa shape index (κ3) is 3.46. The van der Waals surface area contributed by atoms with Crippen LogP contribution in [0.15, 0.2) is 18.2 Å². The van der Waals surface area contributed by atoms with Gasteiger partial charge in [0.25, 0.3) is 0 Å². The second-order valence-electron chi connectivity index (χ2n) is 5.78. The molecule has 20 heavy (non-hydrogen) atoms. The van der Waals surface area contributed by atoms with Gasteiger partial charge in [-0.25, -0.2) is 8.78 Å². The molecule has 0 saturated heterocycles. The molecule has 3 nitrogen and oxygen atoms in total. The molecule has 3 rings (SSSR count). The Morgan fingerprint density at radius 2 is 1.65 bits per heavy atom. The summed E-state index contributed by atoms with van der Waals surface area (Å²) in [6.45, 7) is 0.0405. The fraction of sp³-hybridized carbons (Fsp3) is 0.533. The standard InChI is InChI=1S/C15H18F2N2O/c16-11-5-12(17)7-13(6-11)18-8-14(20)19-15(9-1-2-9)10-3-4-10/h5-7,9-10,15,18H,1-4,8H2,(H,19,20). The highest BCUT2D eigenvalue weighted by atomic mass is 19.1.